The van der Waals surface area contributed by atoms with E-state index < -0.39 is 16.1 Å². The van der Waals surface area contributed by atoms with Gasteiger partial charge in [-0.25, -0.2) is 13.1 Å². The van der Waals surface area contributed by atoms with Gasteiger partial charge in [0.15, 0.2) is 0 Å². The maximum atomic E-state index is 13.5. The second-order valence-electron chi connectivity index (χ2n) is 9.20. The molecule has 4 rings (SSSR count). The molecule has 0 spiro atoms. The summed E-state index contributed by atoms with van der Waals surface area (Å²) < 4.78 is 30.0. The van der Waals surface area contributed by atoms with Gasteiger partial charge in [0.1, 0.15) is 0 Å². The van der Waals surface area contributed by atoms with Gasteiger partial charge in [0.2, 0.25) is 10.0 Å². The maximum absolute atomic E-state index is 13.5. The molecule has 0 aliphatic rings. The average Bonchev–Trinajstić information content (AvgIpc) is 2.90. The minimum Gasteiger partial charge on any atom is -0.308 e. The maximum Gasteiger partial charge on any atom is 0.241 e. The Kier molecular flexibility index (Phi) is 8.70. The predicted octanol–water partition coefficient (Wildman–Crippen LogP) is 6.29. The third-order valence-corrected chi connectivity index (χ3v) is 7.97. The molecule has 0 radical (unpaired) electrons. The molecule has 0 saturated carbocycles. The Hall–Kier alpha value is -3.25. The highest BCUT2D eigenvalue weighted by Gasteiger charge is 2.29. The Labute approximate surface area is 215 Å². The van der Waals surface area contributed by atoms with E-state index in [2.05, 4.69) is 53.4 Å². The fourth-order valence-corrected chi connectivity index (χ4v) is 5.69. The van der Waals surface area contributed by atoms with Gasteiger partial charge in [0, 0.05) is 0 Å². The zero-order valence-electron chi connectivity index (χ0n) is 20.9. The molecule has 0 aliphatic carbocycles. The molecule has 0 fully saturated rings. The number of hydrogen-bond acceptors (Lipinski definition) is 3. The van der Waals surface area contributed by atoms with E-state index in [0.29, 0.717) is 0 Å². The largest absolute Gasteiger partial charge is 0.308 e. The van der Waals surface area contributed by atoms with Crippen LogP contribution in [-0.4, -0.2) is 15.0 Å². The summed E-state index contributed by atoms with van der Waals surface area (Å²) in [5.41, 5.74) is 5.61. The van der Waals surface area contributed by atoms with Crippen molar-refractivity contribution in [2.45, 2.75) is 43.7 Å². The van der Waals surface area contributed by atoms with E-state index in [9.17, 15) is 8.42 Å². The van der Waals surface area contributed by atoms with Gasteiger partial charge in [-0.2, -0.15) is 0 Å². The van der Waals surface area contributed by atoms with E-state index in [1.165, 1.54) is 11.1 Å². The smallest absolute Gasteiger partial charge is 0.241 e. The van der Waals surface area contributed by atoms with Crippen LogP contribution in [0.2, 0.25) is 0 Å². The van der Waals surface area contributed by atoms with Crippen LogP contribution in [0.3, 0.4) is 0 Å². The quantitative estimate of drug-likeness (QED) is 0.239. The van der Waals surface area contributed by atoms with E-state index >= 15 is 0 Å². The summed E-state index contributed by atoms with van der Waals surface area (Å²) in [6, 6.07) is 34.6. The summed E-state index contributed by atoms with van der Waals surface area (Å²) in [4.78, 5) is 0.264. The van der Waals surface area contributed by atoms with Crippen LogP contribution in [0.5, 0.6) is 0 Å². The molecule has 186 valence electrons. The fourth-order valence-electron chi connectivity index (χ4n) is 4.46. The number of benzene rings is 4. The first-order valence-electron chi connectivity index (χ1n) is 12.4. The second kappa shape index (κ2) is 12.1. The Balaban J connectivity index is 1.61. The van der Waals surface area contributed by atoms with E-state index in [0.717, 1.165) is 36.1 Å². The molecule has 0 heterocycles. The van der Waals surface area contributed by atoms with Crippen molar-refractivity contribution in [2.24, 2.45) is 0 Å². The highest BCUT2D eigenvalue weighted by molar-refractivity contribution is 7.89. The van der Waals surface area contributed by atoms with Crippen molar-refractivity contribution < 1.29 is 8.42 Å². The molecular weight excluding hydrogens is 464 g/mol. The van der Waals surface area contributed by atoms with Gasteiger partial charge in [0.05, 0.1) is 17.0 Å². The van der Waals surface area contributed by atoms with Gasteiger partial charge in [-0.1, -0.05) is 103 Å². The zero-order valence-corrected chi connectivity index (χ0v) is 21.7. The van der Waals surface area contributed by atoms with Crippen molar-refractivity contribution in [3.05, 3.63) is 137 Å². The van der Waals surface area contributed by atoms with Crippen LogP contribution in [-0.2, 0) is 16.4 Å². The van der Waals surface area contributed by atoms with Crippen LogP contribution in [0.4, 0.5) is 0 Å². The minimum atomic E-state index is -3.75. The standard InChI is InChI=1S/C31H34N2O2S/c1-24-19-21-29(22-20-24)36(34,35)33-31(28-16-7-4-8-17-28)30(27-14-5-3-6-15-27)32-23-11-18-26-13-10-9-12-25(26)2/h3-10,12-17,19-22,30-33H,11,18,23H2,1-2H3/t30-,31-/m0/s1. The van der Waals surface area contributed by atoms with Gasteiger partial charge in [-0.05, 0) is 67.6 Å². The lowest BCUT2D eigenvalue weighted by Gasteiger charge is -2.30. The molecule has 5 heteroatoms. The number of rotatable bonds is 11. The molecule has 0 aliphatic heterocycles. The molecule has 36 heavy (non-hydrogen) atoms. The van der Waals surface area contributed by atoms with Gasteiger partial charge in [-0.3, -0.25) is 0 Å². The second-order valence-corrected chi connectivity index (χ2v) is 10.9. The minimum absolute atomic E-state index is 0.245. The average molecular weight is 499 g/mol. The SMILES string of the molecule is Cc1ccc(S(=O)(=O)N[C@@H](c2ccccc2)[C@@H](NCCCc2ccccc2C)c2ccccc2)cc1. The van der Waals surface area contributed by atoms with Gasteiger partial charge in [0.25, 0.3) is 0 Å². The molecule has 0 amide bonds. The van der Waals surface area contributed by atoms with Crippen LogP contribution in [0, 0.1) is 13.8 Å². The van der Waals surface area contributed by atoms with Crippen molar-refractivity contribution in [3.8, 4) is 0 Å². The summed E-state index contributed by atoms with van der Waals surface area (Å²) in [5, 5.41) is 3.68. The number of nitrogens with one attached hydrogen (secondary N) is 2. The van der Waals surface area contributed by atoms with E-state index in [1.807, 2.05) is 67.6 Å². The molecular formula is C31H34N2O2S. The van der Waals surface area contributed by atoms with E-state index in [1.54, 1.807) is 12.1 Å². The Morgan fingerprint density at radius 2 is 1.22 bits per heavy atom. The summed E-state index contributed by atoms with van der Waals surface area (Å²) in [6.45, 7) is 4.84. The summed E-state index contributed by atoms with van der Waals surface area (Å²) >= 11 is 0. The van der Waals surface area contributed by atoms with Crippen LogP contribution in [0.25, 0.3) is 0 Å². The van der Waals surface area contributed by atoms with Crippen molar-refractivity contribution in [1.29, 1.82) is 0 Å². The Morgan fingerprint density at radius 3 is 1.83 bits per heavy atom. The molecule has 0 bridgehead atoms. The van der Waals surface area contributed by atoms with Crippen LogP contribution in [0.15, 0.2) is 114 Å². The number of hydrogen-bond donors (Lipinski definition) is 2. The first-order chi connectivity index (χ1) is 17.4. The highest BCUT2D eigenvalue weighted by Crippen LogP contribution is 2.31. The topological polar surface area (TPSA) is 58.2 Å². The first-order valence-corrected chi connectivity index (χ1v) is 13.9. The third kappa shape index (κ3) is 6.70. The van der Waals surface area contributed by atoms with Crippen molar-refractivity contribution in [3.63, 3.8) is 0 Å². The molecule has 4 aromatic rings. The van der Waals surface area contributed by atoms with Gasteiger partial charge >= 0.3 is 0 Å². The van der Waals surface area contributed by atoms with E-state index in [4.69, 9.17) is 0 Å². The number of aryl methyl sites for hydroxylation is 3. The van der Waals surface area contributed by atoms with Crippen molar-refractivity contribution >= 4 is 10.0 Å². The zero-order chi connectivity index (χ0) is 25.4. The van der Waals surface area contributed by atoms with Crippen LogP contribution < -0.4 is 10.0 Å². The molecule has 4 nitrogen and oxygen atoms in total. The third-order valence-electron chi connectivity index (χ3n) is 6.51. The molecule has 0 aromatic heterocycles. The van der Waals surface area contributed by atoms with Crippen molar-refractivity contribution in [2.75, 3.05) is 6.54 Å². The highest BCUT2D eigenvalue weighted by atomic mass is 32.2. The molecule has 0 saturated heterocycles. The summed E-state index contributed by atoms with van der Waals surface area (Å²) in [7, 11) is -3.75. The molecule has 0 unspecified atom stereocenters. The Bertz CT molecular complexity index is 1340. The fraction of sp³-hybridized carbons (Fsp3) is 0.226. The monoisotopic (exact) mass is 498 g/mol. The lowest BCUT2D eigenvalue weighted by atomic mass is 9.94. The summed E-state index contributed by atoms with van der Waals surface area (Å²) in [5.74, 6) is 0. The van der Waals surface area contributed by atoms with Crippen LogP contribution >= 0.6 is 0 Å². The lowest BCUT2D eigenvalue weighted by Crippen LogP contribution is -2.39. The molecule has 2 N–H and O–H groups in total. The Morgan fingerprint density at radius 1 is 0.667 bits per heavy atom. The van der Waals surface area contributed by atoms with E-state index in [-0.39, 0.29) is 10.9 Å². The predicted molar refractivity (Wildman–Crippen MR) is 147 cm³/mol. The van der Waals surface area contributed by atoms with Crippen LogP contribution in [0.1, 0.15) is 46.3 Å². The van der Waals surface area contributed by atoms with Gasteiger partial charge < -0.3 is 5.32 Å². The van der Waals surface area contributed by atoms with Crippen molar-refractivity contribution in [1.82, 2.24) is 10.0 Å². The molecule has 4 aromatic carbocycles. The molecule has 2 atom stereocenters. The normalized spacial score (nSPS) is 13.3. The first kappa shape index (κ1) is 25.8. The lowest BCUT2D eigenvalue weighted by molar-refractivity contribution is 0.420. The summed E-state index contributed by atoms with van der Waals surface area (Å²) in [6.07, 6.45) is 1.91. The number of sulfonamides is 1. The van der Waals surface area contributed by atoms with Gasteiger partial charge in [-0.15, -0.1) is 0 Å².